The molecule has 2 heterocycles. The molecular weight excluding hydrogens is 364 g/mol. The van der Waals surface area contributed by atoms with Crippen molar-refractivity contribution < 1.29 is 4.79 Å². The molecule has 0 fully saturated rings. The molecule has 0 aliphatic carbocycles. The van der Waals surface area contributed by atoms with Gasteiger partial charge in [0.05, 0.1) is 23.3 Å². The number of thioether (sulfide) groups is 1. The third kappa shape index (κ3) is 3.98. The van der Waals surface area contributed by atoms with Gasteiger partial charge in [-0.2, -0.15) is 0 Å². The summed E-state index contributed by atoms with van der Waals surface area (Å²) < 4.78 is 1.97. The second-order valence-electron chi connectivity index (χ2n) is 5.12. The van der Waals surface area contributed by atoms with E-state index in [2.05, 4.69) is 15.3 Å². The summed E-state index contributed by atoms with van der Waals surface area (Å²) >= 11 is 8.73. The van der Waals surface area contributed by atoms with Crippen LogP contribution in [0.15, 0.2) is 41.0 Å². The molecule has 3 aromatic rings. The van der Waals surface area contributed by atoms with E-state index in [9.17, 15) is 4.79 Å². The molecule has 0 saturated heterocycles. The number of hydrogen-bond donors (Lipinski definition) is 1. The normalized spacial score (nSPS) is 10.8. The number of nitrogens with one attached hydrogen (secondary N) is 1. The quantitative estimate of drug-likeness (QED) is 0.675. The number of benzene rings is 1. The number of rotatable bonds is 5. The lowest BCUT2D eigenvalue weighted by atomic mass is 10.2. The summed E-state index contributed by atoms with van der Waals surface area (Å²) in [4.78, 5) is 20.6. The van der Waals surface area contributed by atoms with Gasteiger partial charge in [-0.05, 0) is 24.6 Å². The smallest absolute Gasteiger partial charge is 0.236 e. The summed E-state index contributed by atoms with van der Waals surface area (Å²) in [6, 6.07) is 7.59. The van der Waals surface area contributed by atoms with Gasteiger partial charge in [0, 0.05) is 17.5 Å². The van der Waals surface area contributed by atoms with Crippen LogP contribution in [0.2, 0.25) is 5.02 Å². The molecule has 0 bridgehead atoms. The topological polar surface area (TPSA) is 59.8 Å². The number of amides is 1. The Morgan fingerprint density at radius 2 is 2.12 bits per heavy atom. The summed E-state index contributed by atoms with van der Waals surface area (Å²) in [6.45, 7) is 1.90. The molecule has 0 atom stereocenters. The molecule has 0 saturated carbocycles. The van der Waals surface area contributed by atoms with Gasteiger partial charge in [0.15, 0.2) is 10.3 Å². The zero-order chi connectivity index (χ0) is 17.1. The summed E-state index contributed by atoms with van der Waals surface area (Å²) in [5.74, 6) is 0.189. The molecule has 1 N–H and O–H groups in total. The lowest BCUT2D eigenvalue weighted by Gasteiger charge is -2.06. The Morgan fingerprint density at radius 3 is 2.79 bits per heavy atom. The minimum Gasteiger partial charge on any atom is -0.322 e. The molecule has 124 valence electrons. The van der Waals surface area contributed by atoms with Crippen LogP contribution in [0.4, 0.5) is 5.13 Å². The summed E-state index contributed by atoms with van der Waals surface area (Å²) in [6.07, 6.45) is 1.80. The monoisotopic (exact) mass is 378 g/mol. The first kappa shape index (κ1) is 17.0. The summed E-state index contributed by atoms with van der Waals surface area (Å²) in [5, 5.41) is 6.80. The summed E-state index contributed by atoms with van der Waals surface area (Å²) in [7, 11) is 1.93. The standard InChI is InChI=1S/C16H15ClN4OS2/c1-10-8-23-15(19-10)20-14(22)9-24-16-18-7-13(21(16)2)11-3-5-12(17)6-4-11/h3-8H,9H2,1-2H3,(H,19,20,22). The molecule has 0 unspecified atom stereocenters. The third-order valence-corrected chi connectivity index (χ3v) is 5.45. The van der Waals surface area contributed by atoms with Gasteiger partial charge in [-0.15, -0.1) is 11.3 Å². The van der Waals surface area contributed by atoms with E-state index in [1.807, 2.05) is 48.2 Å². The fourth-order valence-electron chi connectivity index (χ4n) is 2.11. The molecule has 5 nitrogen and oxygen atoms in total. The van der Waals surface area contributed by atoms with Crippen LogP contribution in [-0.2, 0) is 11.8 Å². The average molecular weight is 379 g/mol. The van der Waals surface area contributed by atoms with Crippen LogP contribution in [0, 0.1) is 6.92 Å². The van der Waals surface area contributed by atoms with E-state index < -0.39 is 0 Å². The molecule has 0 aliphatic rings. The molecule has 8 heteroatoms. The molecule has 24 heavy (non-hydrogen) atoms. The van der Waals surface area contributed by atoms with E-state index in [0.717, 1.165) is 22.1 Å². The molecule has 0 aliphatic heterocycles. The van der Waals surface area contributed by atoms with Crippen LogP contribution < -0.4 is 5.32 Å². The highest BCUT2D eigenvalue weighted by Crippen LogP contribution is 2.26. The minimum atomic E-state index is -0.0922. The van der Waals surface area contributed by atoms with Crippen molar-refractivity contribution in [3.05, 3.63) is 46.6 Å². The molecule has 3 rings (SSSR count). The number of aromatic nitrogens is 3. The van der Waals surface area contributed by atoms with Gasteiger partial charge in [0.1, 0.15) is 0 Å². The van der Waals surface area contributed by atoms with Crippen molar-refractivity contribution in [3.8, 4) is 11.3 Å². The van der Waals surface area contributed by atoms with Crippen molar-refractivity contribution >= 4 is 45.7 Å². The van der Waals surface area contributed by atoms with Crippen LogP contribution in [0.25, 0.3) is 11.3 Å². The number of aryl methyl sites for hydroxylation is 1. The van der Waals surface area contributed by atoms with Gasteiger partial charge in [-0.1, -0.05) is 35.5 Å². The highest BCUT2D eigenvalue weighted by atomic mass is 35.5. The Balaban J connectivity index is 1.63. The van der Waals surface area contributed by atoms with E-state index in [0.29, 0.717) is 10.2 Å². The van der Waals surface area contributed by atoms with Crippen LogP contribution in [-0.4, -0.2) is 26.2 Å². The first-order valence-corrected chi connectivity index (χ1v) is 9.39. The fourth-order valence-corrected chi connectivity index (χ4v) is 3.69. The number of carbonyl (C=O) groups is 1. The third-order valence-electron chi connectivity index (χ3n) is 3.28. The first-order valence-electron chi connectivity index (χ1n) is 7.15. The van der Waals surface area contributed by atoms with Crippen LogP contribution >= 0.6 is 34.7 Å². The van der Waals surface area contributed by atoms with Crippen molar-refractivity contribution in [2.45, 2.75) is 12.1 Å². The van der Waals surface area contributed by atoms with Gasteiger partial charge in [0.2, 0.25) is 5.91 Å². The highest BCUT2D eigenvalue weighted by molar-refractivity contribution is 7.99. The molecular formula is C16H15ClN4OS2. The van der Waals surface area contributed by atoms with Crippen molar-refractivity contribution in [1.82, 2.24) is 14.5 Å². The van der Waals surface area contributed by atoms with Gasteiger partial charge in [-0.25, -0.2) is 9.97 Å². The van der Waals surface area contributed by atoms with Gasteiger partial charge in [-0.3, -0.25) is 4.79 Å². The first-order chi connectivity index (χ1) is 11.5. The zero-order valence-electron chi connectivity index (χ0n) is 13.1. The van der Waals surface area contributed by atoms with Crippen LogP contribution in [0.1, 0.15) is 5.69 Å². The Morgan fingerprint density at radius 1 is 1.38 bits per heavy atom. The van der Waals surface area contributed by atoms with E-state index in [1.54, 1.807) is 6.20 Å². The largest absolute Gasteiger partial charge is 0.322 e. The predicted octanol–water partition coefficient (Wildman–Crippen LogP) is 4.24. The molecule has 2 aromatic heterocycles. The van der Waals surface area contributed by atoms with E-state index >= 15 is 0 Å². The average Bonchev–Trinajstić information content (AvgIpc) is 3.12. The van der Waals surface area contributed by atoms with Gasteiger partial charge >= 0.3 is 0 Å². The van der Waals surface area contributed by atoms with Gasteiger partial charge in [0.25, 0.3) is 0 Å². The number of imidazole rings is 1. The zero-order valence-corrected chi connectivity index (χ0v) is 15.5. The second-order valence-corrected chi connectivity index (χ2v) is 7.36. The lowest BCUT2D eigenvalue weighted by Crippen LogP contribution is -2.14. The molecule has 0 radical (unpaired) electrons. The summed E-state index contributed by atoms with van der Waals surface area (Å²) in [5.41, 5.74) is 2.91. The maximum atomic E-state index is 12.0. The van der Waals surface area contributed by atoms with E-state index in [4.69, 9.17) is 11.6 Å². The number of nitrogens with zero attached hydrogens (tertiary/aromatic N) is 3. The van der Waals surface area contributed by atoms with Crippen molar-refractivity contribution in [3.63, 3.8) is 0 Å². The molecule has 1 aromatic carbocycles. The second kappa shape index (κ2) is 7.38. The number of hydrogen-bond acceptors (Lipinski definition) is 5. The van der Waals surface area contributed by atoms with Crippen molar-refractivity contribution in [2.75, 3.05) is 11.1 Å². The lowest BCUT2D eigenvalue weighted by molar-refractivity contribution is -0.113. The predicted molar refractivity (Wildman–Crippen MR) is 99.9 cm³/mol. The Kier molecular flexibility index (Phi) is 5.23. The number of carbonyl (C=O) groups excluding carboxylic acids is 1. The van der Waals surface area contributed by atoms with Gasteiger partial charge < -0.3 is 9.88 Å². The number of thiazole rings is 1. The molecule has 0 spiro atoms. The van der Waals surface area contributed by atoms with E-state index in [-0.39, 0.29) is 11.7 Å². The van der Waals surface area contributed by atoms with Crippen LogP contribution in [0.5, 0.6) is 0 Å². The minimum absolute atomic E-state index is 0.0922. The van der Waals surface area contributed by atoms with Crippen molar-refractivity contribution in [2.24, 2.45) is 7.05 Å². The maximum absolute atomic E-state index is 12.0. The Labute approximate surface area is 153 Å². The Hall–Kier alpha value is -1.83. The number of anilines is 1. The fraction of sp³-hybridized carbons (Fsp3) is 0.188. The molecule has 1 amide bonds. The van der Waals surface area contributed by atoms with E-state index in [1.165, 1.54) is 23.1 Å². The van der Waals surface area contributed by atoms with Crippen molar-refractivity contribution in [1.29, 1.82) is 0 Å². The SMILES string of the molecule is Cc1csc(NC(=O)CSc2ncc(-c3ccc(Cl)cc3)n2C)n1. The number of halogens is 1. The van der Waals surface area contributed by atoms with Crippen LogP contribution in [0.3, 0.4) is 0 Å². The maximum Gasteiger partial charge on any atom is 0.236 e. The Bertz CT molecular complexity index is 857. The highest BCUT2D eigenvalue weighted by Gasteiger charge is 2.12.